The maximum absolute atomic E-state index is 6.28. The normalized spacial score (nSPS) is 10.9. The summed E-state index contributed by atoms with van der Waals surface area (Å²) in [7, 11) is 0. The Labute approximate surface area is 137 Å². The van der Waals surface area contributed by atoms with Gasteiger partial charge in [-0.05, 0) is 34.7 Å². The SMILES string of the molecule is Clc1nc(-c2ccccc2)nc2c(I)cc(Br)cc12. The molecule has 0 aliphatic rings. The fourth-order valence-electron chi connectivity index (χ4n) is 1.84. The zero-order valence-electron chi connectivity index (χ0n) is 9.57. The minimum absolute atomic E-state index is 0.475. The maximum Gasteiger partial charge on any atom is 0.161 e. The number of hydrogen-bond acceptors (Lipinski definition) is 2. The lowest BCUT2D eigenvalue weighted by Crippen LogP contribution is -1.93. The van der Waals surface area contributed by atoms with Gasteiger partial charge >= 0.3 is 0 Å². The summed E-state index contributed by atoms with van der Waals surface area (Å²) in [6.07, 6.45) is 0. The molecule has 3 rings (SSSR count). The predicted molar refractivity (Wildman–Crippen MR) is 90.4 cm³/mol. The number of rotatable bonds is 1. The van der Waals surface area contributed by atoms with Gasteiger partial charge in [-0.3, -0.25) is 0 Å². The van der Waals surface area contributed by atoms with Crippen molar-refractivity contribution in [2.24, 2.45) is 0 Å². The van der Waals surface area contributed by atoms with Gasteiger partial charge in [-0.15, -0.1) is 0 Å². The van der Waals surface area contributed by atoms with Gasteiger partial charge in [-0.25, -0.2) is 9.97 Å². The van der Waals surface area contributed by atoms with E-state index >= 15 is 0 Å². The lowest BCUT2D eigenvalue weighted by Gasteiger charge is -2.06. The molecule has 3 aromatic rings. The van der Waals surface area contributed by atoms with Gasteiger partial charge in [0.1, 0.15) is 5.15 Å². The van der Waals surface area contributed by atoms with E-state index in [2.05, 4.69) is 48.5 Å². The molecule has 1 aromatic heterocycles. The average Bonchev–Trinajstić information content (AvgIpc) is 2.41. The van der Waals surface area contributed by atoms with Crippen molar-refractivity contribution in [2.75, 3.05) is 0 Å². The molecule has 0 atom stereocenters. The molecule has 0 spiro atoms. The van der Waals surface area contributed by atoms with Crippen LogP contribution in [-0.2, 0) is 0 Å². The first-order valence-electron chi connectivity index (χ1n) is 5.53. The summed E-state index contributed by atoms with van der Waals surface area (Å²) in [5.74, 6) is 0.651. The molecule has 1 heterocycles. The largest absolute Gasteiger partial charge is 0.227 e. The second-order valence-corrected chi connectivity index (χ2v) is 6.42. The van der Waals surface area contributed by atoms with E-state index in [4.69, 9.17) is 11.6 Å². The van der Waals surface area contributed by atoms with Gasteiger partial charge in [0.15, 0.2) is 5.82 Å². The maximum atomic E-state index is 6.28. The quantitative estimate of drug-likeness (QED) is 0.374. The van der Waals surface area contributed by atoms with E-state index in [-0.39, 0.29) is 0 Å². The second kappa shape index (κ2) is 5.34. The lowest BCUT2D eigenvalue weighted by molar-refractivity contribution is 1.22. The molecule has 19 heavy (non-hydrogen) atoms. The van der Waals surface area contributed by atoms with E-state index in [9.17, 15) is 0 Å². The van der Waals surface area contributed by atoms with Crippen LogP contribution in [0.5, 0.6) is 0 Å². The van der Waals surface area contributed by atoms with Crippen LogP contribution in [0.3, 0.4) is 0 Å². The van der Waals surface area contributed by atoms with E-state index < -0.39 is 0 Å². The van der Waals surface area contributed by atoms with Crippen LogP contribution in [0, 0.1) is 3.57 Å². The molecule has 0 aliphatic carbocycles. The summed E-state index contributed by atoms with van der Waals surface area (Å²) >= 11 is 12.0. The van der Waals surface area contributed by atoms with Crippen LogP contribution < -0.4 is 0 Å². The molecule has 0 N–H and O–H groups in total. The minimum Gasteiger partial charge on any atom is -0.227 e. The van der Waals surface area contributed by atoms with Gasteiger partial charge in [0, 0.05) is 19.0 Å². The summed E-state index contributed by atoms with van der Waals surface area (Å²) in [6, 6.07) is 13.8. The zero-order valence-corrected chi connectivity index (χ0v) is 14.1. The summed E-state index contributed by atoms with van der Waals surface area (Å²) < 4.78 is 2.02. The highest BCUT2D eigenvalue weighted by Gasteiger charge is 2.11. The van der Waals surface area contributed by atoms with E-state index in [0.29, 0.717) is 11.0 Å². The van der Waals surface area contributed by atoms with Crippen LogP contribution in [0.2, 0.25) is 5.15 Å². The number of aromatic nitrogens is 2. The van der Waals surface area contributed by atoms with Gasteiger partial charge in [-0.2, -0.15) is 0 Å². The summed E-state index contributed by atoms with van der Waals surface area (Å²) in [6.45, 7) is 0. The predicted octanol–water partition coefficient (Wildman–Crippen LogP) is 5.32. The molecule has 0 saturated carbocycles. The second-order valence-electron chi connectivity index (χ2n) is 3.99. The van der Waals surface area contributed by atoms with E-state index in [1.165, 1.54) is 0 Å². The Morgan fingerprint density at radius 3 is 2.53 bits per heavy atom. The number of halogens is 3. The van der Waals surface area contributed by atoms with Crippen molar-refractivity contribution in [1.29, 1.82) is 0 Å². The third-order valence-electron chi connectivity index (χ3n) is 2.70. The highest BCUT2D eigenvalue weighted by atomic mass is 127. The van der Waals surface area contributed by atoms with Crippen LogP contribution in [0.4, 0.5) is 0 Å². The fraction of sp³-hybridized carbons (Fsp3) is 0. The fourth-order valence-corrected chi connectivity index (χ4v) is 3.69. The molecule has 0 amide bonds. The molecular weight excluding hydrogens is 438 g/mol. The van der Waals surface area contributed by atoms with Crippen LogP contribution in [-0.4, -0.2) is 9.97 Å². The van der Waals surface area contributed by atoms with Gasteiger partial charge in [0.05, 0.1) is 5.52 Å². The zero-order chi connectivity index (χ0) is 13.4. The number of hydrogen-bond donors (Lipinski definition) is 0. The van der Waals surface area contributed by atoms with Gasteiger partial charge in [0.25, 0.3) is 0 Å². The smallest absolute Gasteiger partial charge is 0.161 e. The Kier molecular flexibility index (Phi) is 3.73. The lowest BCUT2D eigenvalue weighted by atomic mass is 10.2. The molecule has 94 valence electrons. The Balaban J connectivity index is 2.31. The highest BCUT2D eigenvalue weighted by Crippen LogP contribution is 2.30. The van der Waals surface area contributed by atoms with Gasteiger partial charge in [-0.1, -0.05) is 57.9 Å². The average molecular weight is 445 g/mol. The monoisotopic (exact) mass is 444 g/mol. The van der Waals surface area contributed by atoms with Crippen molar-refractivity contribution in [3.8, 4) is 11.4 Å². The first-order chi connectivity index (χ1) is 9.15. The Hall–Kier alpha value is -0.720. The van der Waals surface area contributed by atoms with Crippen molar-refractivity contribution >= 4 is 61.0 Å². The third-order valence-corrected chi connectivity index (χ3v) is 4.27. The standard InChI is InChI=1S/C14H7BrClIN2/c15-9-6-10-12(11(17)7-9)18-14(19-13(10)16)8-4-2-1-3-5-8/h1-7H. The van der Waals surface area contributed by atoms with Crippen LogP contribution in [0.1, 0.15) is 0 Å². The Morgan fingerprint density at radius 1 is 1.05 bits per heavy atom. The van der Waals surface area contributed by atoms with Crippen molar-refractivity contribution < 1.29 is 0 Å². The number of fused-ring (bicyclic) bond motifs is 1. The Bertz CT molecular complexity index is 762. The highest BCUT2D eigenvalue weighted by molar-refractivity contribution is 14.1. The minimum atomic E-state index is 0.475. The molecule has 2 aromatic carbocycles. The summed E-state index contributed by atoms with van der Waals surface area (Å²) in [4.78, 5) is 9.01. The van der Waals surface area contributed by atoms with Crippen molar-refractivity contribution in [1.82, 2.24) is 9.97 Å². The molecule has 0 radical (unpaired) electrons. The summed E-state index contributed by atoms with van der Waals surface area (Å²) in [5, 5.41) is 1.34. The van der Waals surface area contributed by atoms with E-state index in [0.717, 1.165) is 24.5 Å². The molecule has 0 bridgehead atoms. The van der Waals surface area contributed by atoms with Gasteiger partial charge in [0.2, 0.25) is 0 Å². The van der Waals surface area contributed by atoms with E-state index in [1.54, 1.807) is 0 Å². The van der Waals surface area contributed by atoms with Crippen molar-refractivity contribution in [3.63, 3.8) is 0 Å². The van der Waals surface area contributed by atoms with Gasteiger partial charge < -0.3 is 0 Å². The molecule has 5 heteroatoms. The molecule has 0 fully saturated rings. The van der Waals surface area contributed by atoms with Crippen molar-refractivity contribution in [3.05, 3.63) is 55.7 Å². The molecule has 0 saturated heterocycles. The van der Waals surface area contributed by atoms with Crippen LogP contribution in [0.15, 0.2) is 46.9 Å². The van der Waals surface area contributed by atoms with Crippen LogP contribution in [0.25, 0.3) is 22.3 Å². The molecule has 2 nitrogen and oxygen atoms in total. The van der Waals surface area contributed by atoms with Crippen molar-refractivity contribution in [2.45, 2.75) is 0 Å². The molecular formula is C14H7BrClIN2. The topological polar surface area (TPSA) is 25.8 Å². The first-order valence-corrected chi connectivity index (χ1v) is 7.78. The van der Waals surface area contributed by atoms with Crippen LogP contribution >= 0.6 is 50.1 Å². The summed E-state index contributed by atoms with van der Waals surface area (Å²) in [5.41, 5.74) is 1.84. The number of nitrogens with zero attached hydrogens (tertiary/aromatic N) is 2. The molecule has 0 unspecified atom stereocenters. The first kappa shape index (κ1) is 13.3. The Morgan fingerprint density at radius 2 is 1.79 bits per heavy atom. The molecule has 0 aliphatic heterocycles. The van der Waals surface area contributed by atoms with E-state index in [1.807, 2.05) is 42.5 Å². The number of benzene rings is 2. The third kappa shape index (κ3) is 2.61.